The summed E-state index contributed by atoms with van der Waals surface area (Å²) in [6.07, 6.45) is 2.58. The molecule has 7 heteroatoms. The molecule has 7 nitrogen and oxygen atoms in total. The number of hydrogen-bond donors (Lipinski definition) is 2. The lowest BCUT2D eigenvalue weighted by atomic mass is 9.99. The molecular weight excluding hydrogens is 390 g/mol. The monoisotopic (exact) mass is 417 g/mol. The van der Waals surface area contributed by atoms with Crippen LogP contribution >= 0.6 is 0 Å². The molecule has 1 heterocycles. The van der Waals surface area contributed by atoms with Crippen LogP contribution in [0.2, 0.25) is 0 Å². The molecule has 0 atom stereocenters. The number of anilines is 2. The summed E-state index contributed by atoms with van der Waals surface area (Å²) in [6, 6.07) is 14.4. The standard InChI is InChI=1S/C24H27N5O2/c1-4-15-29(5-2)23(31)17-9-11-18(12-10-17)27-24-26-14-13-21(28-24)19-7-6-8-20(16(19)3)22(25)30/h6-14H,4-5,15H2,1-3H3,(H2,25,30)(H,26,27,28). The normalized spacial score (nSPS) is 10.5. The number of primary amides is 1. The topological polar surface area (TPSA) is 101 Å². The minimum atomic E-state index is -0.470. The summed E-state index contributed by atoms with van der Waals surface area (Å²) in [5, 5.41) is 3.17. The van der Waals surface area contributed by atoms with E-state index in [0.29, 0.717) is 29.3 Å². The second-order valence-corrected chi connectivity index (χ2v) is 7.20. The lowest BCUT2D eigenvalue weighted by Gasteiger charge is -2.20. The fourth-order valence-corrected chi connectivity index (χ4v) is 3.43. The summed E-state index contributed by atoms with van der Waals surface area (Å²) >= 11 is 0. The fourth-order valence-electron chi connectivity index (χ4n) is 3.43. The Labute approximate surface area is 182 Å². The predicted octanol–water partition coefficient (Wildman–Crippen LogP) is 4.17. The smallest absolute Gasteiger partial charge is 0.253 e. The number of nitrogens with one attached hydrogen (secondary N) is 1. The summed E-state index contributed by atoms with van der Waals surface area (Å²) in [4.78, 5) is 34.9. The van der Waals surface area contributed by atoms with E-state index in [1.807, 2.05) is 36.9 Å². The Bertz CT molecular complexity index is 1080. The molecule has 160 valence electrons. The van der Waals surface area contributed by atoms with Gasteiger partial charge in [0, 0.05) is 41.7 Å². The van der Waals surface area contributed by atoms with Gasteiger partial charge in [0.1, 0.15) is 0 Å². The largest absolute Gasteiger partial charge is 0.366 e. The molecular formula is C24H27N5O2. The van der Waals surface area contributed by atoms with Crippen molar-refractivity contribution in [1.82, 2.24) is 14.9 Å². The molecule has 3 aromatic rings. The van der Waals surface area contributed by atoms with Crippen molar-refractivity contribution in [2.24, 2.45) is 5.73 Å². The highest BCUT2D eigenvalue weighted by atomic mass is 16.2. The van der Waals surface area contributed by atoms with Gasteiger partial charge in [0.05, 0.1) is 5.69 Å². The van der Waals surface area contributed by atoms with E-state index < -0.39 is 5.91 Å². The highest BCUT2D eigenvalue weighted by molar-refractivity contribution is 5.96. The van der Waals surface area contributed by atoms with E-state index >= 15 is 0 Å². The lowest BCUT2D eigenvalue weighted by molar-refractivity contribution is 0.0764. The average molecular weight is 418 g/mol. The van der Waals surface area contributed by atoms with Gasteiger partial charge in [-0.05, 0) is 62.2 Å². The van der Waals surface area contributed by atoms with Gasteiger partial charge >= 0.3 is 0 Å². The maximum atomic E-state index is 12.6. The summed E-state index contributed by atoms with van der Waals surface area (Å²) < 4.78 is 0. The van der Waals surface area contributed by atoms with Gasteiger partial charge in [0.25, 0.3) is 5.91 Å². The molecule has 0 aliphatic carbocycles. The molecule has 31 heavy (non-hydrogen) atoms. The molecule has 0 aliphatic rings. The van der Waals surface area contributed by atoms with Crippen molar-refractivity contribution in [3.8, 4) is 11.3 Å². The van der Waals surface area contributed by atoms with Crippen LogP contribution in [0.15, 0.2) is 54.7 Å². The van der Waals surface area contributed by atoms with E-state index in [1.54, 1.807) is 36.5 Å². The van der Waals surface area contributed by atoms with E-state index in [-0.39, 0.29) is 5.91 Å². The van der Waals surface area contributed by atoms with Gasteiger partial charge in [0.2, 0.25) is 11.9 Å². The first-order valence-corrected chi connectivity index (χ1v) is 10.3. The molecule has 0 aliphatic heterocycles. The lowest BCUT2D eigenvalue weighted by Crippen LogP contribution is -2.31. The van der Waals surface area contributed by atoms with Gasteiger partial charge in [-0.25, -0.2) is 9.97 Å². The van der Waals surface area contributed by atoms with Gasteiger partial charge in [0.15, 0.2) is 0 Å². The SMILES string of the molecule is CCCN(CC)C(=O)c1ccc(Nc2nccc(-c3cccc(C(N)=O)c3C)n2)cc1. The molecule has 0 saturated heterocycles. The Balaban J connectivity index is 1.80. The molecule has 2 amide bonds. The van der Waals surface area contributed by atoms with Gasteiger partial charge in [-0.15, -0.1) is 0 Å². The van der Waals surface area contributed by atoms with Gasteiger partial charge < -0.3 is 16.0 Å². The number of amides is 2. The van der Waals surface area contributed by atoms with Crippen LogP contribution in [0, 0.1) is 6.92 Å². The number of hydrogen-bond acceptors (Lipinski definition) is 5. The number of carbonyl (C=O) groups is 2. The number of nitrogens with two attached hydrogens (primary N) is 1. The molecule has 0 saturated carbocycles. The maximum Gasteiger partial charge on any atom is 0.253 e. The number of rotatable bonds is 8. The summed E-state index contributed by atoms with van der Waals surface area (Å²) in [7, 11) is 0. The van der Waals surface area contributed by atoms with E-state index in [4.69, 9.17) is 5.73 Å². The van der Waals surface area contributed by atoms with Crippen molar-refractivity contribution in [3.05, 3.63) is 71.4 Å². The second-order valence-electron chi connectivity index (χ2n) is 7.20. The molecule has 1 aromatic heterocycles. The third-order valence-electron chi connectivity index (χ3n) is 5.08. The minimum Gasteiger partial charge on any atom is -0.366 e. The molecule has 0 spiro atoms. The van der Waals surface area contributed by atoms with E-state index in [9.17, 15) is 9.59 Å². The van der Waals surface area contributed by atoms with Gasteiger partial charge in [-0.1, -0.05) is 19.1 Å². The highest BCUT2D eigenvalue weighted by Crippen LogP contribution is 2.25. The first-order chi connectivity index (χ1) is 14.9. The quantitative estimate of drug-likeness (QED) is 0.573. The van der Waals surface area contributed by atoms with Crippen LogP contribution in [-0.2, 0) is 0 Å². The number of carbonyl (C=O) groups excluding carboxylic acids is 2. The van der Waals surface area contributed by atoms with Gasteiger partial charge in [-0.2, -0.15) is 0 Å². The summed E-state index contributed by atoms with van der Waals surface area (Å²) in [6.45, 7) is 7.31. The zero-order valence-corrected chi connectivity index (χ0v) is 18.1. The van der Waals surface area contributed by atoms with Gasteiger partial charge in [-0.3, -0.25) is 9.59 Å². The highest BCUT2D eigenvalue weighted by Gasteiger charge is 2.14. The number of benzene rings is 2. The molecule has 2 aromatic carbocycles. The van der Waals surface area contributed by atoms with Crippen molar-refractivity contribution < 1.29 is 9.59 Å². The van der Waals surface area contributed by atoms with Crippen molar-refractivity contribution in [3.63, 3.8) is 0 Å². The Morgan fingerprint density at radius 3 is 2.45 bits per heavy atom. The van der Waals surface area contributed by atoms with Crippen molar-refractivity contribution >= 4 is 23.5 Å². The maximum absolute atomic E-state index is 12.6. The Kier molecular flexibility index (Phi) is 6.97. The second kappa shape index (κ2) is 9.84. The van der Waals surface area contributed by atoms with Crippen LogP contribution in [0.5, 0.6) is 0 Å². The van der Waals surface area contributed by atoms with Crippen LogP contribution in [0.1, 0.15) is 46.5 Å². The van der Waals surface area contributed by atoms with Crippen LogP contribution in [0.3, 0.4) is 0 Å². The van der Waals surface area contributed by atoms with E-state index in [0.717, 1.165) is 29.8 Å². The third-order valence-corrected chi connectivity index (χ3v) is 5.08. The molecule has 0 radical (unpaired) electrons. The zero-order valence-electron chi connectivity index (χ0n) is 18.1. The molecule has 3 rings (SSSR count). The van der Waals surface area contributed by atoms with Crippen molar-refractivity contribution in [2.45, 2.75) is 27.2 Å². The van der Waals surface area contributed by atoms with Crippen LogP contribution in [0.4, 0.5) is 11.6 Å². The Morgan fingerprint density at radius 1 is 1.06 bits per heavy atom. The fraction of sp³-hybridized carbons (Fsp3) is 0.250. The summed E-state index contributed by atoms with van der Waals surface area (Å²) in [5.41, 5.74) is 9.62. The molecule has 0 unspecified atom stereocenters. The van der Waals surface area contributed by atoms with Crippen LogP contribution in [-0.4, -0.2) is 39.8 Å². The summed E-state index contributed by atoms with van der Waals surface area (Å²) in [5.74, 6) is -0.0254. The zero-order chi connectivity index (χ0) is 22.4. The predicted molar refractivity (Wildman–Crippen MR) is 122 cm³/mol. The minimum absolute atomic E-state index is 0.0268. The Morgan fingerprint density at radius 2 is 1.81 bits per heavy atom. The van der Waals surface area contributed by atoms with E-state index in [2.05, 4.69) is 22.2 Å². The van der Waals surface area contributed by atoms with E-state index in [1.165, 1.54) is 0 Å². The Hall–Kier alpha value is -3.74. The first kappa shape index (κ1) is 22.0. The van der Waals surface area contributed by atoms with Crippen molar-refractivity contribution in [1.29, 1.82) is 0 Å². The van der Waals surface area contributed by atoms with Crippen LogP contribution in [0.25, 0.3) is 11.3 Å². The number of aromatic nitrogens is 2. The molecule has 0 fully saturated rings. The number of nitrogens with zero attached hydrogens (tertiary/aromatic N) is 3. The molecule has 0 bridgehead atoms. The third kappa shape index (κ3) is 5.06. The first-order valence-electron chi connectivity index (χ1n) is 10.3. The van der Waals surface area contributed by atoms with Crippen molar-refractivity contribution in [2.75, 3.05) is 18.4 Å². The molecule has 3 N–H and O–H groups in total. The average Bonchev–Trinajstić information content (AvgIpc) is 2.77. The van der Waals surface area contributed by atoms with Crippen LogP contribution < -0.4 is 11.1 Å².